The van der Waals surface area contributed by atoms with Crippen LogP contribution in [0.25, 0.3) is 0 Å². The lowest BCUT2D eigenvalue weighted by Crippen LogP contribution is -2.38. The number of hydrogen-bond acceptors (Lipinski definition) is 5. The second-order valence-electron chi connectivity index (χ2n) is 4.34. The molecule has 2 N–H and O–H groups in total. The highest BCUT2D eigenvalue weighted by Crippen LogP contribution is 2.20. The van der Waals surface area contributed by atoms with Gasteiger partial charge in [-0.1, -0.05) is 0 Å². The molecule has 6 nitrogen and oxygen atoms in total. The Morgan fingerprint density at radius 3 is 2.89 bits per heavy atom. The smallest absolute Gasteiger partial charge is 0.355 e. The highest BCUT2D eigenvalue weighted by Gasteiger charge is 2.25. The molecule has 1 fully saturated rings. The summed E-state index contributed by atoms with van der Waals surface area (Å²) in [6.07, 6.45) is 1.57. The van der Waals surface area contributed by atoms with Gasteiger partial charge >= 0.3 is 11.9 Å². The van der Waals surface area contributed by atoms with Gasteiger partial charge in [-0.05, 0) is 19.4 Å². The average Bonchev–Trinajstić information content (AvgIpc) is 2.78. The second kappa shape index (κ2) is 5.45. The Bertz CT molecular complexity index is 460. The van der Waals surface area contributed by atoms with Gasteiger partial charge < -0.3 is 10.2 Å². The number of rotatable bonds is 4. The molecule has 1 aliphatic heterocycles. The zero-order valence-corrected chi connectivity index (χ0v) is 10.5. The molecule has 0 radical (unpaired) electrons. The summed E-state index contributed by atoms with van der Waals surface area (Å²) in [6, 6.07) is 0. The Morgan fingerprint density at radius 1 is 1.50 bits per heavy atom. The van der Waals surface area contributed by atoms with E-state index >= 15 is 0 Å². The third kappa shape index (κ3) is 3.05. The molecular formula is C11H14N2O4S. The largest absolute Gasteiger partial charge is 0.481 e. The van der Waals surface area contributed by atoms with Crippen molar-refractivity contribution in [3.8, 4) is 0 Å². The van der Waals surface area contributed by atoms with E-state index in [0.717, 1.165) is 18.0 Å². The first-order chi connectivity index (χ1) is 8.56. The molecule has 1 saturated heterocycles. The van der Waals surface area contributed by atoms with Crippen LogP contribution in [0.15, 0.2) is 5.38 Å². The van der Waals surface area contributed by atoms with Crippen LogP contribution in [0.4, 0.5) is 0 Å². The highest BCUT2D eigenvalue weighted by atomic mass is 32.1. The zero-order chi connectivity index (χ0) is 13.1. The third-order valence-corrected chi connectivity index (χ3v) is 3.82. The van der Waals surface area contributed by atoms with Crippen LogP contribution in [0.2, 0.25) is 0 Å². The summed E-state index contributed by atoms with van der Waals surface area (Å²) < 4.78 is 0. The minimum atomic E-state index is -1.03. The maximum atomic E-state index is 10.9. The molecule has 98 valence electrons. The Balaban J connectivity index is 1.96. The lowest BCUT2D eigenvalue weighted by atomic mass is 9.98. The van der Waals surface area contributed by atoms with Crippen molar-refractivity contribution >= 4 is 23.3 Å². The normalized spacial score (nSPS) is 20.8. The number of piperidine rings is 1. The third-order valence-electron chi connectivity index (χ3n) is 2.98. The van der Waals surface area contributed by atoms with Crippen molar-refractivity contribution in [3.05, 3.63) is 16.1 Å². The first-order valence-corrected chi connectivity index (χ1v) is 6.57. The number of thiazole rings is 1. The van der Waals surface area contributed by atoms with Gasteiger partial charge in [-0.2, -0.15) is 0 Å². The number of carboxylic acids is 2. The van der Waals surface area contributed by atoms with Crippen LogP contribution in [-0.2, 0) is 11.3 Å². The summed E-state index contributed by atoms with van der Waals surface area (Å²) in [5, 5.41) is 20.0. The Morgan fingerprint density at radius 2 is 2.28 bits per heavy atom. The highest BCUT2D eigenvalue weighted by molar-refractivity contribution is 7.09. The first-order valence-electron chi connectivity index (χ1n) is 5.69. The molecule has 1 aliphatic rings. The Hall–Kier alpha value is -1.47. The minimum absolute atomic E-state index is 0.0572. The molecular weight excluding hydrogens is 256 g/mol. The number of aliphatic carboxylic acids is 1. The van der Waals surface area contributed by atoms with E-state index in [9.17, 15) is 9.59 Å². The molecule has 7 heteroatoms. The van der Waals surface area contributed by atoms with Gasteiger partial charge in [-0.25, -0.2) is 9.78 Å². The van der Waals surface area contributed by atoms with E-state index < -0.39 is 11.9 Å². The number of carboxylic acid groups (broad SMARTS) is 2. The second-order valence-corrected chi connectivity index (χ2v) is 5.29. The molecule has 1 aromatic rings. The lowest BCUT2D eigenvalue weighted by molar-refractivity contribution is -0.143. The average molecular weight is 270 g/mol. The van der Waals surface area contributed by atoms with E-state index in [4.69, 9.17) is 10.2 Å². The van der Waals surface area contributed by atoms with Crippen molar-refractivity contribution in [2.45, 2.75) is 19.4 Å². The van der Waals surface area contributed by atoms with Gasteiger partial charge in [0.25, 0.3) is 0 Å². The standard InChI is InChI=1S/C11H14N2O4S/c14-10(15)7-2-1-3-13(4-7)5-9-12-8(6-18-9)11(16)17/h6-7H,1-5H2,(H,14,15)(H,16,17). The van der Waals surface area contributed by atoms with Crippen LogP contribution < -0.4 is 0 Å². The van der Waals surface area contributed by atoms with E-state index in [-0.39, 0.29) is 11.6 Å². The summed E-state index contributed by atoms with van der Waals surface area (Å²) >= 11 is 1.30. The lowest BCUT2D eigenvalue weighted by Gasteiger charge is -2.29. The number of aromatic nitrogens is 1. The minimum Gasteiger partial charge on any atom is -0.481 e. The van der Waals surface area contributed by atoms with E-state index in [1.54, 1.807) is 0 Å². The molecule has 1 unspecified atom stereocenters. The van der Waals surface area contributed by atoms with Crippen LogP contribution in [0.5, 0.6) is 0 Å². The van der Waals surface area contributed by atoms with Crippen molar-refractivity contribution in [2.75, 3.05) is 13.1 Å². The monoisotopic (exact) mass is 270 g/mol. The summed E-state index contributed by atoms with van der Waals surface area (Å²) in [5.41, 5.74) is 0.0572. The molecule has 1 atom stereocenters. The quantitative estimate of drug-likeness (QED) is 0.852. The summed E-state index contributed by atoms with van der Waals surface area (Å²) in [7, 11) is 0. The number of likely N-dealkylation sites (tertiary alicyclic amines) is 1. The molecule has 0 bridgehead atoms. The topological polar surface area (TPSA) is 90.7 Å². The van der Waals surface area contributed by atoms with Crippen LogP contribution >= 0.6 is 11.3 Å². The van der Waals surface area contributed by atoms with Gasteiger partial charge in [0, 0.05) is 11.9 Å². The summed E-state index contributed by atoms with van der Waals surface area (Å²) in [4.78, 5) is 27.7. The van der Waals surface area contributed by atoms with Crippen LogP contribution in [-0.4, -0.2) is 45.1 Å². The van der Waals surface area contributed by atoms with E-state index in [1.807, 2.05) is 4.90 Å². The van der Waals surface area contributed by atoms with Gasteiger partial charge in [0.05, 0.1) is 12.5 Å². The van der Waals surface area contributed by atoms with Crippen molar-refractivity contribution in [1.82, 2.24) is 9.88 Å². The molecule has 1 aromatic heterocycles. The number of carbonyl (C=O) groups is 2. The number of nitrogens with zero attached hydrogens (tertiary/aromatic N) is 2. The van der Waals surface area contributed by atoms with Crippen LogP contribution in [0.3, 0.4) is 0 Å². The van der Waals surface area contributed by atoms with Gasteiger partial charge in [0.1, 0.15) is 5.01 Å². The Labute approximate surface area is 108 Å². The molecule has 0 saturated carbocycles. The van der Waals surface area contributed by atoms with Gasteiger partial charge in [0.2, 0.25) is 0 Å². The molecule has 0 aromatic carbocycles. The molecule has 0 aliphatic carbocycles. The predicted molar refractivity (Wildman–Crippen MR) is 64.7 cm³/mol. The number of hydrogen-bond donors (Lipinski definition) is 2. The SMILES string of the molecule is O=C(O)c1csc(CN2CCCC(C(=O)O)C2)n1. The van der Waals surface area contributed by atoms with E-state index in [2.05, 4.69) is 4.98 Å². The fraction of sp³-hybridized carbons (Fsp3) is 0.545. The molecule has 0 amide bonds. The summed E-state index contributed by atoms with van der Waals surface area (Å²) in [5.74, 6) is -2.11. The van der Waals surface area contributed by atoms with Crippen molar-refractivity contribution in [1.29, 1.82) is 0 Å². The van der Waals surface area contributed by atoms with E-state index in [0.29, 0.717) is 19.5 Å². The first kappa shape index (κ1) is 13.0. The maximum Gasteiger partial charge on any atom is 0.355 e. The van der Waals surface area contributed by atoms with Gasteiger partial charge in [0.15, 0.2) is 5.69 Å². The molecule has 0 spiro atoms. The summed E-state index contributed by atoms with van der Waals surface area (Å²) in [6.45, 7) is 1.88. The fourth-order valence-electron chi connectivity index (χ4n) is 2.07. The Kier molecular flexibility index (Phi) is 3.93. The molecule has 2 heterocycles. The fourth-order valence-corrected chi connectivity index (χ4v) is 2.88. The number of aromatic carboxylic acids is 1. The molecule has 18 heavy (non-hydrogen) atoms. The van der Waals surface area contributed by atoms with E-state index in [1.165, 1.54) is 16.7 Å². The van der Waals surface area contributed by atoms with Crippen molar-refractivity contribution in [3.63, 3.8) is 0 Å². The van der Waals surface area contributed by atoms with Gasteiger partial charge in [-0.3, -0.25) is 9.69 Å². The van der Waals surface area contributed by atoms with Crippen molar-refractivity contribution in [2.24, 2.45) is 5.92 Å². The van der Waals surface area contributed by atoms with Crippen LogP contribution in [0.1, 0.15) is 28.3 Å². The zero-order valence-electron chi connectivity index (χ0n) is 9.70. The van der Waals surface area contributed by atoms with Gasteiger partial charge in [-0.15, -0.1) is 11.3 Å². The predicted octanol–water partition coefficient (Wildman–Crippen LogP) is 1.14. The maximum absolute atomic E-state index is 10.9. The molecule has 2 rings (SSSR count). The van der Waals surface area contributed by atoms with Crippen LogP contribution in [0, 0.1) is 5.92 Å². The van der Waals surface area contributed by atoms with Crippen molar-refractivity contribution < 1.29 is 19.8 Å².